The van der Waals surface area contributed by atoms with Gasteiger partial charge in [0.15, 0.2) is 5.54 Å². The van der Waals surface area contributed by atoms with E-state index < -0.39 is 33.3 Å². The zero-order valence-corrected chi connectivity index (χ0v) is 27.9. The predicted octanol–water partition coefficient (Wildman–Crippen LogP) is 4.06. The number of hydrogen-bond acceptors (Lipinski definition) is 8. The summed E-state index contributed by atoms with van der Waals surface area (Å²) in [4.78, 5) is 39.7. The number of benzene rings is 2. The first-order chi connectivity index (χ1) is 22.6. The topological polar surface area (TPSA) is 115 Å². The molecule has 11 nitrogen and oxygen atoms in total. The van der Waals surface area contributed by atoms with Crippen molar-refractivity contribution in [1.82, 2.24) is 25.0 Å². The van der Waals surface area contributed by atoms with E-state index in [0.717, 1.165) is 38.5 Å². The maximum Gasteiger partial charge on any atom is 0.318 e. The summed E-state index contributed by atoms with van der Waals surface area (Å²) in [5.74, 6) is -1.95. The van der Waals surface area contributed by atoms with Crippen molar-refractivity contribution in [1.29, 1.82) is 0 Å². The van der Waals surface area contributed by atoms with E-state index in [2.05, 4.69) is 27.0 Å². The minimum Gasteiger partial charge on any atom is -0.478 e. The molecular weight excluding hydrogens is 647 g/mol. The van der Waals surface area contributed by atoms with Crippen molar-refractivity contribution < 1.29 is 27.1 Å². The Morgan fingerprint density at radius 1 is 1.02 bits per heavy atom. The minimum atomic E-state index is -4.58. The number of likely N-dealkylation sites (tertiary alicyclic amines) is 1. The second kappa shape index (κ2) is 13.4. The van der Waals surface area contributed by atoms with Crippen LogP contribution in [0.15, 0.2) is 65.7 Å². The van der Waals surface area contributed by atoms with Crippen molar-refractivity contribution in [2.75, 3.05) is 56.7 Å². The third-order valence-electron chi connectivity index (χ3n) is 9.32. The van der Waals surface area contributed by atoms with Gasteiger partial charge in [0.2, 0.25) is 5.88 Å². The number of sulfonamides is 1. The van der Waals surface area contributed by atoms with Crippen LogP contribution in [-0.4, -0.2) is 98.5 Å². The van der Waals surface area contributed by atoms with Gasteiger partial charge in [-0.25, -0.2) is 22.6 Å². The van der Waals surface area contributed by atoms with Gasteiger partial charge in [0.1, 0.15) is 5.82 Å². The summed E-state index contributed by atoms with van der Waals surface area (Å²) in [7, 11) is -4.58. The molecule has 0 spiro atoms. The quantitative estimate of drug-likeness (QED) is 0.378. The SMILES string of the molecule is CCOc1ncccc1C1(NC(=O)N2CCN(C3CCN(CC)CC3)CC2)C(=O)N(S(=O)(=O)c2ccccc2)c2cc(F)c(Cl)cc21. The molecule has 6 rings (SSSR count). The fourth-order valence-corrected chi connectivity index (χ4v) is 8.47. The number of rotatable bonds is 8. The number of ether oxygens (including phenoxy) is 1. The summed E-state index contributed by atoms with van der Waals surface area (Å²) in [6.07, 6.45) is 3.60. The van der Waals surface area contributed by atoms with Gasteiger partial charge in [0.25, 0.3) is 15.9 Å². The molecule has 3 amide bonds. The molecule has 1 atom stereocenters. The van der Waals surface area contributed by atoms with E-state index in [0.29, 0.717) is 36.5 Å². The van der Waals surface area contributed by atoms with Crippen LogP contribution in [0.1, 0.15) is 37.8 Å². The van der Waals surface area contributed by atoms with Gasteiger partial charge in [-0.15, -0.1) is 0 Å². The Kier molecular flexibility index (Phi) is 9.43. The molecule has 0 bridgehead atoms. The molecule has 1 N–H and O–H groups in total. The fraction of sp³-hybridized carbons (Fsp3) is 0.424. The molecule has 250 valence electrons. The highest BCUT2D eigenvalue weighted by Crippen LogP contribution is 2.50. The van der Waals surface area contributed by atoms with Crippen molar-refractivity contribution in [2.24, 2.45) is 0 Å². The molecule has 4 heterocycles. The first kappa shape index (κ1) is 33.1. The predicted molar refractivity (Wildman–Crippen MR) is 176 cm³/mol. The van der Waals surface area contributed by atoms with Crippen LogP contribution in [0.25, 0.3) is 0 Å². The minimum absolute atomic E-state index is 0.0113. The van der Waals surface area contributed by atoms with Gasteiger partial charge in [0.05, 0.1) is 27.8 Å². The summed E-state index contributed by atoms with van der Waals surface area (Å²) in [5.41, 5.74) is -2.36. The average molecular weight is 685 g/mol. The highest BCUT2D eigenvalue weighted by atomic mass is 35.5. The zero-order chi connectivity index (χ0) is 33.3. The van der Waals surface area contributed by atoms with E-state index in [4.69, 9.17) is 16.3 Å². The highest BCUT2D eigenvalue weighted by molar-refractivity contribution is 7.93. The number of aromatic nitrogens is 1. The van der Waals surface area contributed by atoms with Crippen LogP contribution in [0.5, 0.6) is 5.88 Å². The lowest BCUT2D eigenvalue weighted by molar-refractivity contribution is -0.121. The summed E-state index contributed by atoms with van der Waals surface area (Å²) >= 11 is 6.30. The number of nitrogens with zero attached hydrogens (tertiary/aromatic N) is 5. The molecule has 3 aliphatic heterocycles. The summed E-state index contributed by atoms with van der Waals surface area (Å²) < 4.78 is 49.7. The number of nitrogens with one attached hydrogen (secondary N) is 1. The number of carbonyl (C=O) groups excluding carboxylic acids is 2. The number of amides is 3. The molecule has 47 heavy (non-hydrogen) atoms. The maximum atomic E-state index is 15.1. The molecule has 2 aromatic carbocycles. The zero-order valence-electron chi connectivity index (χ0n) is 26.4. The summed E-state index contributed by atoms with van der Waals surface area (Å²) in [6.45, 7) is 9.32. The van der Waals surface area contributed by atoms with E-state index in [9.17, 15) is 18.0 Å². The highest BCUT2D eigenvalue weighted by Gasteiger charge is 2.59. The lowest BCUT2D eigenvalue weighted by atomic mass is 9.84. The Bertz CT molecular complexity index is 1750. The number of halogens is 2. The Hall–Kier alpha value is -3.78. The summed E-state index contributed by atoms with van der Waals surface area (Å²) in [6, 6.07) is 12.4. The largest absolute Gasteiger partial charge is 0.478 e. The number of carbonyl (C=O) groups is 2. The van der Waals surface area contributed by atoms with E-state index in [1.54, 1.807) is 24.0 Å². The molecule has 0 saturated carbocycles. The molecular formula is C33H38ClFN6O5S. The van der Waals surface area contributed by atoms with E-state index in [1.165, 1.54) is 42.6 Å². The van der Waals surface area contributed by atoms with Crippen LogP contribution in [-0.2, 0) is 20.4 Å². The van der Waals surface area contributed by atoms with Gasteiger partial charge >= 0.3 is 6.03 Å². The molecule has 1 unspecified atom stereocenters. The van der Waals surface area contributed by atoms with E-state index in [1.807, 2.05) is 0 Å². The third-order valence-corrected chi connectivity index (χ3v) is 11.3. The van der Waals surface area contributed by atoms with Gasteiger partial charge < -0.3 is 19.9 Å². The molecule has 0 aliphatic carbocycles. The number of pyridine rings is 1. The second-order valence-electron chi connectivity index (χ2n) is 11.8. The fourth-order valence-electron chi connectivity index (χ4n) is 6.82. The number of hydrogen-bond donors (Lipinski definition) is 1. The Labute approximate surface area is 279 Å². The van der Waals surface area contributed by atoms with Crippen LogP contribution >= 0.6 is 11.6 Å². The number of fused-ring (bicyclic) bond motifs is 1. The van der Waals surface area contributed by atoms with E-state index in [-0.39, 0.29) is 39.2 Å². The van der Waals surface area contributed by atoms with Crippen LogP contribution in [0, 0.1) is 5.82 Å². The van der Waals surface area contributed by atoms with Crippen molar-refractivity contribution >= 4 is 39.2 Å². The number of anilines is 1. The number of urea groups is 1. The first-order valence-electron chi connectivity index (χ1n) is 15.9. The maximum absolute atomic E-state index is 15.1. The van der Waals surface area contributed by atoms with Gasteiger partial charge in [0, 0.05) is 50.0 Å². The van der Waals surface area contributed by atoms with Gasteiger partial charge in [-0.05, 0) is 69.7 Å². The van der Waals surface area contributed by atoms with Crippen molar-refractivity contribution in [3.05, 3.63) is 82.8 Å². The molecule has 3 aliphatic rings. The van der Waals surface area contributed by atoms with Crippen molar-refractivity contribution in [3.63, 3.8) is 0 Å². The van der Waals surface area contributed by atoms with Crippen LogP contribution < -0.4 is 14.4 Å². The standard InChI is InChI=1S/C33H38ClFN6O5S/c1-3-38-15-12-23(13-16-38)39-17-19-40(20-18-39)32(43)37-33(25-11-8-14-36-30(25)46-4-2)26-21-27(34)28(35)22-29(26)41(31(33)42)47(44,45)24-9-6-5-7-10-24/h5-11,14,21-23H,3-4,12-13,15-20H2,1-2H3,(H,37,43). The monoisotopic (exact) mass is 684 g/mol. The third kappa shape index (κ3) is 5.94. The van der Waals surface area contributed by atoms with Crippen LogP contribution in [0.4, 0.5) is 14.9 Å². The molecule has 1 aromatic heterocycles. The van der Waals surface area contributed by atoms with Gasteiger partial charge in [-0.3, -0.25) is 9.69 Å². The second-order valence-corrected chi connectivity index (χ2v) is 14.0. The van der Waals surface area contributed by atoms with Crippen LogP contribution in [0.2, 0.25) is 5.02 Å². The Balaban J connectivity index is 1.40. The van der Waals surface area contributed by atoms with Crippen molar-refractivity contribution in [3.8, 4) is 5.88 Å². The molecule has 0 radical (unpaired) electrons. The lowest BCUT2D eigenvalue weighted by Gasteiger charge is -2.43. The Morgan fingerprint density at radius 3 is 2.38 bits per heavy atom. The molecule has 14 heteroatoms. The van der Waals surface area contributed by atoms with Crippen molar-refractivity contribution in [2.45, 2.75) is 43.2 Å². The van der Waals surface area contributed by atoms with Gasteiger partial charge in [-0.1, -0.05) is 36.7 Å². The number of piperidine rings is 1. The lowest BCUT2D eigenvalue weighted by Crippen LogP contribution is -2.61. The van der Waals surface area contributed by atoms with Crippen LogP contribution in [0.3, 0.4) is 0 Å². The first-order valence-corrected chi connectivity index (χ1v) is 17.7. The molecule has 2 fully saturated rings. The Morgan fingerprint density at radius 2 is 1.72 bits per heavy atom. The molecule has 2 saturated heterocycles. The average Bonchev–Trinajstić information content (AvgIpc) is 3.32. The smallest absolute Gasteiger partial charge is 0.318 e. The summed E-state index contributed by atoms with van der Waals surface area (Å²) in [5, 5.41) is 2.55. The van der Waals surface area contributed by atoms with Gasteiger partial charge in [-0.2, -0.15) is 4.31 Å². The number of piperazine rings is 1. The van der Waals surface area contributed by atoms with E-state index >= 15 is 4.39 Å². The normalized spacial score (nSPS) is 21.1. The molecule has 3 aromatic rings.